The number of amides is 2. The summed E-state index contributed by atoms with van der Waals surface area (Å²) in [5, 5.41) is 2.83. The number of anilines is 1. The fourth-order valence-corrected chi connectivity index (χ4v) is 3.05. The van der Waals surface area contributed by atoms with Gasteiger partial charge in [-0.25, -0.2) is 0 Å². The molecule has 3 aromatic rings. The van der Waals surface area contributed by atoms with Crippen LogP contribution in [0.1, 0.15) is 52.3 Å². The number of benzene rings is 1. The van der Waals surface area contributed by atoms with E-state index in [1.54, 1.807) is 49.6 Å². The van der Waals surface area contributed by atoms with Crippen LogP contribution in [0.3, 0.4) is 0 Å². The van der Waals surface area contributed by atoms with Crippen molar-refractivity contribution in [2.45, 2.75) is 39.8 Å². The minimum absolute atomic E-state index is 0.0644. The lowest BCUT2D eigenvalue weighted by molar-refractivity contribution is 0.0671. The number of hydrogen-bond donors (Lipinski definition) is 1. The Bertz CT molecular complexity index is 982. The molecule has 0 saturated carbocycles. The van der Waals surface area contributed by atoms with E-state index in [1.807, 2.05) is 24.0 Å². The normalized spacial score (nSPS) is 11.7. The van der Waals surface area contributed by atoms with Gasteiger partial charge in [0.2, 0.25) is 0 Å². The van der Waals surface area contributed by atoms with E-state index in [9.17, 15) is 9.59 Å². The third kappa shape index (κ3) is 4.90. The van der Waals surface area contributed by atoms with Gasteiger partial charge in [0.1, 0.15) is 5.76 Å². The Labute approximate surface area is 170 Å². The number of hydrogen-bond acceptors (Lipinski definition) is 4. The first-order valence-electron chi connectivity index (χ1n) is 9.65. The van der Waals surface area contributed by atoms with Gasteiger partial charge >= 0.3 is 0 Å². The zero-order chi connectivity index (χ0) is 20.8. The quantitative estimate of drug-likeness (QED) is 0.635. The van der Waals surface area contributed by atoms with Crippen LogP contribution in [0.25, 0.3) is 0 Å². The maximum atomic E-state index is 13.2. The van der Waals surface area contributed by atoms with Crippen LogP contribution >= 0.6 is 0 Å². The lowest BCUT2D eigenvalue weighted by atomic mass is 10.1. The monoisotopic (exact) mass is 391 g/mol. The van der Waals surface area contributed by atoms with Crippen LogP contribution in [-0.4, -0.2) is 27.7 Å². The van der Waals surface area contributed by atoms with Crippen LogP contribution in [0.5, 0.6) is 0 Å². The smallest absolute Gasteiger partial charge is 0.259 e. The highest BCUT2D eigenvalue weighted by atomic mass is 16.3. The van der Waals surface area contributed by atoms with Gasteiger partial charge in [0.25, 0.3) is 11.8 Å². The van der Waals surface area contributed by atoms with E-state index in [2.05, 4.69) is 17.2 Å². The molecule has 2 amide bonds. The van der Waals surface area contributed by atoms with Gasteiger partial charge in [-0.1, -0.05) is 19.1 Å². The lowest BCUT2D eigenvalue weighted by Crippen LogP contribution is -2.37. The zero-order valence-electron chi connectivity index (χ0n) is 16.9. The van der Waals surface area contributed by atoms with Gasteiger partial charge in [-0.05, 0) is 56.2 Å². The number of aromatic nitrogens is 1. The Morgan fingerprint density at radius 3 is 2.69 bits per heavy atom. The number of pyridine rings is 1. The van der Waals surface area contributed by atoms with Gasteiger partial charge in [0, 0.05) is 36.2 Å². The van der Waals surface area contributed by atoms with Crippen molar-refractivity contribution in [2.24, 2.45) is 0 Å². The number of carbonyl (C=O) groups is 2. The minimum Gasteiger partial charge on any atom is -0.469 e. The highest BCUT2D eigenvalue weighted by Gasteiger charge is 2.21. The van der Waals surface area contributed by atoms with Crippen LogP contribution in [-0.2, 0) is 6.54 Å². The summed E-state index contributed by atoms with van der Waals surface area (Å²) < 4.78 is 5.19. The second-order valence-corrected chi connectivity index (χ2v) is 6.98. The van der Waals surface area contributed by atoms with Gasteiger partial charge in [0.05, 0.1) is 11.8 Å². The summed E-state index contributed by atoms with van der Waals surface area (Å²) in [6, 6.07) is 12.5. The largest absolute Gasteiger partial charge is 0.469 e. The molecule has 1 atom stereocenters. The molecule has 0 saturated heterocycles. The Balaban J connectivity index is 1.80. The molecule has 0 aliphatic rings. The standard InChI is InChI=1S/C23H25N3O3/c1-4-16(2)26(15-18-7-6-11-24-14-18)23(28)19-8-5-9-20(13-19)25-22(27)21-10-12-29-17(21)3/h5-14,16H,4,15H2,1-3H3,(H,25,27)/t16-/m0/s1. The fourth-order valence-electron chi connectivity index (χ4n) is 3.05. The van der Waals surface area contributed by atoms with E-state index in [4.69, 9.17) is 4.42 Å². The fraction of sp³-hybridized carbons (Fsp3) is 0.261. The predicted octanol–water partition coefficient (Wildman–Crippen LogP) is 4.68. The van der Waals surface area contributed by atoms with Crippen molar-refractivity contribution in [1.29, 1.82) is 0 Å². The first-order valence-corrected chi connectivity index (χ1v) is 9.65. The summed E-state index contributed by atoms with van der Waals surface area (Å²) in [7, 11) is 0. The van der Waals surface area contributed by atoms with Crippen LogP contribution < -0.4 is 5.32 Å². The van der Waals surface area contributed by atoms with Crippen molar-refractivity contribution in [3.05, 3.63) is 83.6 Å². The highest BCUT2D eigenvalue weighted by molar-refractivity contribution is 6.05. The van der Waals surface area contributed by atoms with Crippen molar-refractivity contribution in [1.82, 2.24) is 9.88 Å². The maximum Gasteiger partial charge on any atom is 0.259 e. The Hall–Kier alpha value is -3.41. The zero-order valence-corrected chi connectivity index (χ0v) is 16.9. The van der Waals surface area contributed by atoms with Crippen LogP contribution in [0.2, 0.25) is 0 Å². The summed E-state index contributed by atoms with van der Waals surface area (Å²) in [5.74, 6) is 0.197. The lowest BCUT2D eigenvalue weighted by Gasteiger charge is -2.29. The van der Waals surface area contributed by atoms with Crippen LogP contribution in [0.4, 0.5) is 5.69 Å². The van der Waals surface area contributed by atoms with E-state index in [-0.39, 0.29) is 17.9 Å². The molecule has 0 fully saturated rings. The van der Waals surface area contributed by atoms with E-state index in [0.29, 0.717) is 29.1 Å². The van der Waals surface area contributed by atoms with E-state index in [1.165, 1.54) is 6.26 Å². The van der Waals surface area contributed by atoms with Gasteiger partial charge in [-0.15, -0.1) is 0 Å². The second-order valence-electron chi connectivity index (χ2n) is 6.98. The number of aryl methyl sites for hydroxylation is 1. The van der Waals surface area contributed by atoms with Crippen molar-refractivity contribution in [3.63, 3.8) is 0 Å². The molecule has 6 nitrogen and oxygen atoms in total. The predicted molar refractivity (Wildman–Crippen MR) is 112 cm³/mol. The average Bonchev–Trinajstić information content (AvgIpc) is 3.18. The van der Waals surface area contributed by atoms with Gasteiger partial charge in [-0.3, -0.25) is 14.6 Å². The molecule has 0 unspecified atom stereocenters. The third-order valence-corrected chi connectivity index (χ3v) is 4.93. The topological polar surface area (TPSA) is 75.4 Å². The summed E-state index contributed by atoms with van der Waals surface area (Å²) >= 11 is 0. The molecule has 0 bridgehead atoms. The molecule has 6 heteroatoms. The molecule has 0 radical (unpaired) electrons. The number of furan rings is 1. The van der Waals surface area contributed by atoms with Crippen LogP contribution in [0.15, 0.2) is 65.5 Å². The third-order valence-electron chi connectivity index (χ3n) is 4.93. The molecule has 1 aromatic carbocycles. The first kappa shape index (κ1) is 20.3. The SMILES string of the molecule is CC[C@H](C)N(Cc1cccnc1)C(=O)c1cccc(NC(=O)c2ccoc2C)c1. The molecular formula is C23H25N3O3. The minimum atomic E-state index is -0.269. The molecule has 2 heterocycles. The molecule has 1 N–H and O–H groups in total. The first-order chi connectivity index (χ1) is 14.0. The number of carbonyl (C=O) groups excluding carboxylic acids is 2. The van der Waals surface area contributed by atoms with E-state index in [0.717, 1.165) is 12.0 Å². The van der Waals surface area contributed by atoms with Gasteiger partial charge in [0.15, 0.2) is 0 Å². The van der Waals surface area contributed by atoms with E-state index >= 15 is 0 Å². The summed E-state index contributed by atoms with van der Waals surface area (Å²) in [4.78, 5) is 31.7. The molecule has 2 aromatic heterocycles. The Kier molecular flexibility index (Phi) is 6.44. The van der Waals surface area contributed by atoms with Crippen molar-refractivity contribution >= 4 is 17.5 Å². The van der Waals surface area contributed by atoms with Crippen molar-refractivity contribution in [3.8, 4) is 0 Å². The second kappa shape index (κ2) is 9.19. The van der Waals surface area contributed by atoms with Crippen LogP contribution in [0, 0.1) is 6.92 Å². The van der Waals surface area contributed by atoms with Gasteiger partial charge < -0.3 is 14.6 Å². The molecule has 29 heavy (non-hydrogen) atoms. The highest BCUT2D eigenvalue weighted by Crippen LogP contribution is 2.19. The molecule has 150 valence electrons. The number of nitrogens with zero attached hydrogens (tertiary/aromatic N) is 2. The van der Waals surface area contributed by atoms with E-state index < -0.39 is 0 Å². The molecule has 0 spiro atoms. The Morgan fingerprint density at radius 1 is 1.21 bits per heavy atom. The van der Waals surface area contributed by atoms with Crippen molar-refractivity contribution < 1.29 is 14.0 Å². The van der Waals surface area contributed by atoms with Gasteiger partial charge in [-0.2, -0.15) is 0 Å². The summed E-state index contributed by atoms with van der Waals surface area (Å²) in [6.45, 7) is 6.30. The molecular weight excluding hydrogens is 366 g/mol. The maximum absolute atomic E-state index is 13.2. The van der Waals surface area contributed by atoms with Crippen molar-refractivity contribution in [2.75, 3.05) is 5.32 Å². The average molecular weight is 391 g/mol. The summed E-state index contributed by atoms with van der Waals surface area (Å²) in [5.41, 5.74) is 2.53. The molecule has 3 rings (SSSR count). The Morgan fingerprint density at radius 2 is 2.03 bits per heavy atom. The molecule has 0 aliphatic heterocycles. The number of nitrogens with one attached hydrogen (secondary N) is 1. The number of rotatable bonds is 7. The summed E-state index contributed by atoms with van der Waals surface area (Å²) in [6.07, 6.45) is 5.80. The molecule has 0 aliphatic carbocycles.